The highest BCUT2D eigenvalue weighted by Crippen LogP contribution is 2.04. The minimum absolute atomic E-state index is 0. The van der Waals surface area contributed by atoms with Gasteiger partial charge < -0.3 is 15.2 Å². The SMILES string of the molecule is COC(=O)C(N)CC(F)C(=O)OC.Cl. The summed E-state index contributed by atoms with van der Waals surface area (Å²) in [6, 6.07) is -1.14. The smallest absolute Gasteiger partial charge is 0.340 e. The molecule has 0 rings (SSSR count). The molecule has 0 fully saturated rings. The first-order chi connectivity index (χ1) is 6.02. The zero-order chi connectivity index (χ0) is 10.4. The number of nitrogens with two attached hydrogens (primary N) is 1. The van der Waals surface area contributed by atoms with Crippen LogP contribution in [-0.4, -0.2) is 38.4 Å². The van der Waals surface area contributed by atoms with Gasteiger partial charge in [0.05, 0.1) is 14.2 Å². The van der Waals surface area contributed by atoms with Crippen LogP contribution in [0.4, 0.5) is 4.39 Å². The normalized spacial score (nSPS) is 13.4. The number of halogens is 2. The van der Waals surface area contributed by atoms with Crippen LogP contribution in [0.15, 0.2) is 0 Å². The fourth-order valence-corrected chi connectivity index (χ4v) is 0.695. The summed E-state index contributed by atoms with van der Waals surface area (Å²) in [6.07, 6.45) is -2.32. The maximum absolute atomic E-state index is 12.8. The molecule has 0 spiro atoms. The van der Waals surface area contributed by atoms with Crippen LogP contribution in [0.2, 0.25) is 0 Å². The summed E-state index contributed by atoms with van der Waals surface area (Å²) >= 11 is 0. The maximum Gasteiger partial charge on any atom is 0.340 e. The van der Waals surface area contributed by atoms with Crippen LogP contribution in [0.3, 0.4) is 0 Å². The number of carbonyl (C=O) groups is 2. The molecule has 0 aromatic heterocycles. The monoisotopic (exact) mass is 229 g/mol. The average Bonchev–Trinajstić information content (AvgIpc) is 2.14. The number of ether oxygens (including phenoxy) is 2. The summed E-state index contributed by atoms with van der Waals surface area (Å²) in [7, 11) is 2.19. The molecule has 0 bridgehead atoms. The fraction of sp³-hybridized carbons (Fsp3) is 0.714. The molecule has 0 aliphatic heterocycles. The number of carbonyl (C=O) groups excluding carboxylic acids is 2. The molecule has 84 valence electrons. The van der Waals surface area contributed by atoms with Crippen molar-refractivity contribution in [2.75, 3.05) is 14.2 Å². The van der Waals surface area contributed by atoms with E-state index in [-0.39, 0.29) is 12.4 Å². The van der Waals surface area contributed by atoms with Gasteiger partial charge in [-0.1, -0.05) is 0 Å². The van der Waals surface area contributed by atoms with E-state index in [1.54, 1.807) is 0 Å². The first-order valence-electron chi connectivity index (χ1n) is 3.58. The largest absolute Gasteiger partial charge is 0.468 e. The Hall–Kier alpha value is -0.880. The van der Waals surface area contributed by atoms with Crippen molar-refractivity contribution in [3.8, 4) is 0 Å². The predicted octanol–water partition coefficient (Wildman–Crippen LogP) is -0.190. The van der Waals surface area contributed by atoms with Crippen molar-refractivity contribution in [1.82, 2.24) is 0 Å². The van der Waals surface area contributed by atoms with Crippen LogP contribution < -0.4 is 5.73 Å². The molecule has 7 heteroatoms. The molecule has 0 aliphatic carbocycles. The standard InChI is InChI=1S/C7H12FNO4.ClH/c1-12-6(10)4(8)3-5(9)7(11)13-2;/h4-5H,3,9H2,1-2H3;1H. The molecular weight excluding hydrogens is 217 g/mol. The van der Waals surface area contributed by atoms with Crippen LogP contribution in [-0.2, 0) is 19.1 Å². The maximum atomic E-state index is 12.8. The third-order valence-electron chi connectivity index (χ3n) is 1.42. The summed E-state index contributed by atoms with van der Waals surface area (Å²) < 4.78 is 21.1. The van der Waals surface area contributed by atoms with Crippen molar-refractivity contribution in [3.63, 3.8) is 0 Å². The molecule has 2 unspecified atom stereocenters. The molecule has 0 aromatic rings. The zero-order valence-electron chi connectivity index (χ0n) is 7.86. The molecule has 5 nitrogen and oxygen atoms in total. The van der Waals surface area contributed by atoms with Crippen molar-refractivity contribution in [2.45, 2.75) is 18.6 Å². The van der Waals surface area contributed by atoms with E-state index < -0.39 is 30.6 Å². The first-order valence-corrected chi connectivity index (χ1v) is 3.58. The van der Waals surface area contributed by atoms with Crippen molar-refractivity contribution in [1.29, 1.82) is 0 Å². The van der Waals surface area contributed by atoms with Gasteiger partial charge in [-0.25, -0.2) is 9.18 Å². The van der Waals surface area contributed by atoms with E-state index in [1.165, 1.54) is 0 Å². The minimum Gasteiger partial charge on any atom is -0.468 e. The Bertz CT molecular complexity index is 182. The lowest BCUT2D eigenvalue weighted by Gasteiger charge is -2.10. The van der Waals surface area contributed by atoms with Gasteiger partial charge in [0.1, 0.15) is 6.04 Å². The highest BCUT2D eigenvalue weighted by atomic mass is 35.5. The highest BCUT2D eigenvalue weighted by Gasteiger charge is 2.25. The second-order valence-electron chi connectivity index (χ2n) is 2.36. The van der Waals surface area contributed by atoms with Gasteiger partial charge in [0.2, 0.25) is 0 Å². The van der Waals surface area contributed by atoms with Crippen molar-refractivity contribution in [2.24, 2.45) is 5.73 Å². The molecule has 0 radical (unpaired) electrons. The van der Waals surface area contributed by atoms with E-state index in [4.69, 9.17) is 5.73 Å². The van der Waals surface area contributed by atoms with Gasteiger partial charge in [-0.3, -0.25) is 4.79 Å². The number of methoxy groups -OCH3 is 2. The van der Waals surface area contributed by atoms with Crippen LogP contribution in [0.25, 0.3) is 0 Å². The predicted molar refractivity (Wildman–Crippen MR) is 48.8 cm³/mol. The Morgan fingerprint density at radius 1 is 1.29 bits per heavy atom. The molecule has 0 aromatic carbocycles. The van der Waals surface area contributed by atoms with E-state index in [9.17, 15) is 14.0 Å². The van der Waals surface area contributed by atoms with Crippen molar-refractivity contribution in [3.05, 3.63) is 0 Å². The van der Waals surface area contributed by atoms with Gasteiger partial charge in [-0.15, -0.1) is 12.4 Å². The molecule has 0 saturated carbocycles. The van der Waals surface area contributed by atoms with Crippen LogP contribution >= 0.6 is 12.4 Å². The minimum atomic E-state index is -1.89. The quantitative estimate of drug-likeness (QED) is 0.676. The number of esters is 2. The number of hydrogen-bond donors (Lipinski definition) is 1. The highest BCUT2D eigenvalue weighted by molar-refractivity contribution is 5.85. The van der Waals surface area contributed by atoms with Crippen LogP contribution in [0.5, 0.6) is 0 Å². The van der Waals surface area contributed by atoms with Crippen molar-refractivity contribution >= 4 is 24.3 Å². The molecule has 14 heavy (non-hydrogen) atoms. The lowest BCUT2D eigenvalue weighted by atomic mass is 10.1. The lowest BCUT2D eigenvalue weighted by Crippen LogP contribution is -2.36. The number of rotatable bonds is 4. The average molecular weight is 230 g/mol. The molecule has 0 heterocycles. The molecule has 2 atom stereocenters. The molecule has 0 saturated heterocycles. The van der Waals surface area contributed by atoms with Gasteiger partial charge >= 0.3 is 11.9 Å². The Balaban J connectivity index is 0. The third-order valence-corrected chi connectivity index (χ3v) is 1.42. The molecule has 0 amide bonds. The fourth-order valence-electron chi connectivity index (χ4n) is 0.695. The Kier molecular flexibility index (Phi) is 8.37. The summed E-state index contributed by atoms with van der Waals surface area (Å²) in [5, 5.41) is 0. The summed E-state index contributed by atoms with van der Waals surface area (Å²) in [5.41, 5.74) is 5.20. The zero-order valence-corrected chi connectivity index (χ0v) is 8.67. The summed E-state index contributed by atoms with van der Waals surface area (Å²) in [6.45, 7) is 0. The van der Waals surface area contributed by atoms with Crippen LogP contribution in [0.1, 0.15) is 6.42 Å². The van der Waals surface area contributed by atoms with Gasteiger partial charge in [0.25, 0.3) is 0 Å². The number of alkyl halides is 1. The Morgan fingerprint density at radius 3 is 2.07 bits per heavy atom. The van der Waals surface area contributed by atoms with Crippen LogP contribution in [0, 0.1) is 0 Å². The van der Waals surface area contributed by atoms with Gasteiger partial charge in [-0.05, 0) is 0 Å². The van der Waals surface area contributed by atoms with E-state index in [1.807, 2.05) is 0 Å². The topological polar surface area (TPSA) is 78.6 Å². The molecule has 2 N–H and O–H groups in total. The van der Waals surface area contributed by atoms with E-state index in [0.29, 0.717) is 0 Å². The second-order valence-corrected chi connectivity index (χ2v) is 2.36. The molecule has 0 aliphatic rings. The van der Waals surface area contributed by atoms with E-state index >= 15 is 0 Å². The summed E-state index contributed by atoms with van der Waals surface area (Å²) in [5.74, 6) is -1.80. The van der Waals surface area contributed by atoms with E-state index in [2.05, 4.69) is 9.47 Å². The van der Waals surface area contributed by atoms with Crippen molar-refractivity contribution < 1.29 is 23.5 Å². The number of hydrogen-bond acceptors (Lipinski definition) is 5. The second kappa shape index (κ2) is 7.52. The first kappa shape index (κ1) is 15.6. The van der Waals surface area contributed by atoms with Gasteiger partial charge in [0.15, 0.2) is 6.17 Å². The third kappa shape index (κ3) is 4.98. The summed E-state index contributed by atoms with van der Waals surface area (Å²) in [4.78, 5) is 21.2. The Morgan fingerprint density at radius 2 is 1.71 bits per heavy atom. The van der Waals surface area contributed by atoms with Gasteiger partial charge in [0, 0.05) is 6.42 Å². The van der Waals surface area contributed by atoms with E-state index in [0.717, 1.165) is 14.2 Å². The molecular formula is C7H13ClFNO4. The Labute approximate surface area is 87.1 Å². The lowest BCUT2D eigenvalue weighted by molar-refractivity contribution is -0.148. The van der Waals surface area contributed by atoms with Gasteiger partial charge in [-0.2, -0.15) is 0 Å².